The number of nitrogens with one attached hydrogen (secondary N) is 1. The van der Waals surface area contributed by atoms with E-state index in [1.807, 2.05) is 25.1 Å². The quantitative estimate of drug-likeness (QED) is 0.710. The minimum Gasteiger partial charge on any atom is -0.352 e. The number of amides is 1. The summed E-state index contributed by atoms with van der Waals surface area (Å²) in [4.78, 5) is 16.5. The van der Waals surface area contributed by atoms with Crippen molar-refractivity contribution >= 4 is 45.1 Å². The van der Waals surface area contributed by atoms with Crippen molar-refractivity contribution < 1.29 is 4.79 Å². The number of rotatable bonds is 5. The Morgan fingerprint density at radius 2 is 2.21 bits per heavy atom. The molecule has 0 radical (unpaired) electrons. The summed E-state index contributed by atoms with van der Waals surface area (Å²) < 4.78 is 2.75. The first-order chi connectivity index (χ1) is 11.5. The van der Waals surface area contributed by atoms with Gasteiger partial charge in [0, 0.05) is 31.7 Å². The van der Waals surface area contributed by atoms with E-state index in [1.165, 1.54) is 10.8 Å². The van der Waals surface area contributed by atoms with Crippen molar-refractivity contribution in [3.8, 4) is 0 Å². The molecule has 1 aromatic carbocycles. The van der Waals surface area contributed by atoms with Crippen molar-refractivity contribution in [3.05, 3.63) is 51.8 Å². The highest BCUT2D eigenvalue weighted by Gasteiger charge is 2.08. The maximum Gasteiger partial charge on any atom is 0.244 e. The average Bonchev–Trinajstić information content (AvgIpc) is 3.07. The van der Waals surface area contributed by atoms with E-state index >= 15 is 0 Å². The van der Waals surface area contributed by atoms with E-state index in [1.54, 1.807) is 29.1 Å². The summed E-state index contributed by atoms with van der Waals surface area (Å²) in [5, 5.41) is 8.61. The predicted octanol–water partition coefficient (Wildman–Crippen LogP) is 3.36. The molecule has 1 N–H and O–H groups in total. The lowest BCUT2D eigenvalue weighted by atomic mass is 10.2. The van der Waals surface area contributed by atoms with Crippen LogP contribution >= 0.6 is 22.9 Å². The Bertz CT molecular complexity index is 880. The van der Waals surface area contributed by atoms with Gasteiger partial charge in [-0.05, 0) is 25.1 Å². The summed E-state index contributed by atoms with van der Waals surface area (Å²) in [6.45, 7) is 2.40. The molecule has 0 aliphatic carbocycles. The van der Waals surface area contributed by atoms with Gasteiger partial charge >= 0.3 is 0 Å². The van der Waals surface area contributed by atoms with Gasteiger partial charge in [-0.2, -0.15) is 5.10 Å². The summed E-state index contributed by atoms with van der Waals surface area (Å²) in [5.74, 6) is -0.157. The molecule has 5 nitrogen and oxygen atoms in total. The van der Waals surface area contributed by atoms with Crippen molar-refractivity contribution in [1.82, 2.24) is 20.1 Å². The third kappa shape index (κ3) is 3.66. The molecule has 0 saturated carbocycles. The molecule has 0 spiro atoms. The van der Waals surface area contributed by atoms with E-state index < -0.39 is 0 Å². The van der Waals surface area contributed by atoms with Crippen LogP contribution in [0.5, 0.6) is 0 Å². The SMILES string of the molecule is Cc1nn(C)c(Cl)c1/C=C/C(=O)NCCc1nc2ccccc2s1. The van der Waals surface area contributed by atoms with Gasteiger partial charge < -0.3 is 5.32 Å². The second-order valence-corrected chi connectivity index (χ2v) is 6.84. The molecule has 0 atom stereocenters. The first kappa shape index (κ1) is 16.7. The lowest BCUT2D eigenvalue weighted by Crippen LogP contribution is -2.23. The van der Waals surface area contributed by atoms with Crippen LogP contribution in [0, 0.1) is 6.92 Å². The molecule has 124 valence electrons. The Morgan fingerprint density at radius 1 is 1.42 bits per heavy atom. The van der Waals surface area contributed by atoms with Gasteiger partial charge in [-0.25, -0.2) is 4.98 Å². The fourth-order valence-electron chi connectivity index (χ4n) is 2.37. The Balaban J connectivity index is 1.54. The third-order valence-corrected chi connectivity index (χ3v) is 5.12. The van der Waals surface area contributed by atoms with E-state index in [0.717, 1.165) is 21.8 Å². The summed E-state index contributed by atoms with van der Waals surface area (Å²) in [6.07, 6.45) is 3.89. The second-order valence-electron chi connectivity index (χ2n) is 5.36. The van der Waals surface area contributed by atoms with Crippen LogP contribution < -0.4 is 5.32 Å². The second kappa shape index (κ2) is 7.15. The van der Waals surface area contributed by atoms with Gasteiger partial charge in [-0.15, -0.1) is 11.3 Å². The number of aryl methyl sites for hydroxylation is 2. The molecule has 2 heterocycles. The Kier molecular flexibility index (Phi) is 4.97. The van der Waals surface area contributed by atoms with E-state index in [4.69, 9.17) is 11.6 Å². The minimum atomic E-state index is -0.157. The number of halogens is 1. The molecule has 0 aliphatic heterocycles. The number of benzene rings is 1. The number of nitrogens with zero attached hydrogens (tertiary/aromatic N) is 3. The van der Waals surface area contributed by atoms with Crippen LogP contribution in [0.2, 0.25) is 5.15 Å². The topological polar surface area (TPSA) is 59.8 Å². The monoisotopic (exact) mass is 360 g/mol. The van der Waals surface area contributed by atoms with Crippen molar-refractivity contribution in [3.63, 3.8) is 0 Å². The molecule has 7 heteroatoms. The highest BCUT2D eigenvalue weighted by molar-refractivity contribution is 7.18. The highest BCUT2D eigenvalue weighted by atomic mass is 35.5. The molecule has 0 aliphatic rings. The fraction of sp³-hybridized carbons (Fsp3) is 0.235. The van der Waals surface area contributed by atoms with E-state index in [0.29, 0.717) is 18.1 Å². The molecule has 2 aromatic heterocycles. The summed E-state index contributed by atoms with van der Waals surface area (Å²) in [6, 6.07) is 8.03. The number of para-hydroxylation sites is 1. The van der Waals surface area contributed by atoms with Crippen LogP contribution in [0.25, 0.3) is 16.3 Å². The number of fused-ring (bicyclic) bond motifs is 1. The summed E-state index contributed by atoms with van der Waals surface area (Å²) in [7, 11) is 1.77. The molecule has 0 bridgehead atoms. The van der Waals surface area contributed by atoms with Crippen LogP contribution in [0.1, 0.15) is 16.3 Å². The number of aromatic nitrogens is 3. The Hall–Kier alpha value is -2.18. The van der Waals surface area contributed by atoms with Gasteiger partial charge in [0.1, 0.15) is 5.15 Å². The largest absolute Gasteiger partial charge is 0.352 e. The lowest BCUT2D eigenvalue weighted by molar-refractivity contribution is -0.116. The molecular formula is C17H17ClN4OS. The standard InChI is InChI=1S/C17H17ClN4OS/c1-11-12(17(18)22(2)21-11)7-8-15(23)19-10-9-16-20-13-5-3-4-6-14(13)24-16/h3-8H,9-10H2,1-2H3,(H,19,23)/b8-7+. The number of carbonyl (C=O) groups is 1. The van der Waals surface area contributed by atoms with E-state index in [-0.39, 0.29) is 5.91 Å². The van der Waals surface area contributed by atoms with Gasteiger partial charge in [-0.1, -0.05) is 23.7 Å². The zero-order chi connectivity index (χ0) is 17.1. The van der Waals surface area contributed by atoms with Gasteiger partial charge in [-0.3, -0.25) is 9.48 Å². The number of carbonyl (C=O) groups excluding carboxylic acids is 1. The molecule has 24 heavy (non-hydrogen) atoms. The van der Waals surface area contributed by atoms with E-state index in [9.17, 15) is 4.79 Å². The normalized spacial score (nSPS) is 11.5. The molecule has 3 aromatic rings. The molecule has 1 amide bonds. The van der Waals surface area contributed by atoms with Gasteiger partial charge in [0.25, 0.3) is 0 Å². The van der Waals surface area contributed by atoms with Crippen molar-refractivity contribution in [1.29, 1.82) is 0 Å². The van der Waals surface area contributed by atoms with Gasteiger partial charge in [0.05, 0.1) is 20.9 Å². The summed E-state index contributed by atoms with van der Waals surface area (Å²) in [5.41, 5.74) is 2.56. The van der Waals surface area contributed by atoms with Crippen LogP contribution in [0.15, 0.2) is 30.3 Å². The van der Waals surface area contributed by atoms with Crippen molar-refractivity contribution in [2.75, 3.05) is 6.54 Å². The van der Waals surface area contributed by atoms with Crippen LogP contribution in [0.4, 0.5) is 0 Å². The molecule has 3 rings (SSSR count). The van der Waals surface area contributed by atoms with Crippen LogP contribution in [-0.2, 0) is 18.3 Å². The van der Waals surface area contributed by atoms with Crippen LogP contribution in [-0.4, -0.2) is 27.2 Å². The number of hydrogen-bond acceptors (Lipinski definition) is 4. The lowest BCUT2D eigenvalue weighted by Gasteiger charge is -1.99. The maximum atomic E-state index is 11.9. The molecular weight excluding hydrogens is 344 g/mol. The zero-order valence-corrected chi connectivity index (χ0v) is 15.0. The van der Waals surface area contributed by atoms with Crippen LogP contribution in [0.3, 0.4) is 0 Å². The number of thiazole rings is 1. The summed E-state index contributed by atoms with van der Waals surface area (Å²) >= 11 is 7.79. The fourth-order valence-corrected chi connectivity index (χ4v) is 3.58. The highest BCUT2D eigenvalue weighted by Crippen LogP contribution is 2.21. The first-order valence-corrected chi connectivity index (χ1v) is 8.73. The zero-order valence-electron chi connectivity index (χ0n) is 13.4. The first-order valence-electron chi connectivity index (χ1n) is 7.54. The predicted molar refractivity (Wildman–Crippen MR) is 98.3 cm³/mol. The van der Waals surface area contributed by atoms with Gasteiger partial charge in [0.2, 0.25) is 5.91 Å². The molecule has 0 saturated heterocycles. The molecule has 0 fully saturated rings. The van der Waals surface area contributed by atoms with Crippen molar-refractivity contribution in [2.45, 2.75) is 13.3 Å². The molecule has 0 unspecified atom stereocenters. The average molecular weight is 361 g/mol. The Morgan fingerprint density at radius 3 is 2.92 bits per heavy atom. The van der Waals surface area contributed by atoms with E-state index in [2.05, 4.69) is 21.5 Å². The van der Waals surface area contributed by atoms with Crippen molar-refractivity contribution in [2.24, 2.45) is 7.05 Å². The minimum absolute atomic E-state index is 0.157. The third-order valence-electron chi connectivity index (χ3n) is 3.57. The smallest absolute Gasteiger partial charge is 0.244 e. The van der Waals surface area contributed by atoms with Gasteiger partial charge in [0.15, 0.2) is 0 Å². The number of hydrogen-bond donors (Lipinski definition) is 1. The Labute approximate surface area is 149 Å². The maximum absolute atomic E-state index is 11.9.